The lowest BCUT2D eigenvalue weighted by Gasteiger charge is -2.08. The molecule has 0 spiro atoms. The van der Waals surface area contributed by atoms with Crippen molar-refractivity contribution in [3.8, 4) is 5.75 Å². The number of anilines is 1. The van der Waals surface area contributed by atoms with Crippen molar-refractivity contribution in [3.63, 3.8) is 0 Å². The highest BCUT2D eigenvalue weighted by atomic mass is 16.5. The Morgan fingerprint density at radius 3 is 2.91 bits per heavy atom. The number of hydrogen-bond acceptors (Lipinski definition) is 5. The number of aromatic nitrogens is 1. The number of benzene rings is 1. The number of carbonyl (C=O) groups excluding carboxylic acids is 1. The molecule has 1 N–H and O–H groups in total. The minimum atomic E-state index is -0.390. The van der Waals surface area contributed by atoms with Gasteiger partial charge in [-0.25, -0.2) is 9.78 Å². The van der Waals surface area contributed by atoms with Crippen LogP contribution in [0.3, 0.4) is 0 Å². The van der Waals surface area contributed by atoms with Crippen LogP contribution in [-0.2, 0) is 4.79 Å². The molecule has 2 aromatic heterocycles. The molecule has 0 aliphatic carbocycles. The van der Waals surface area contributed by atoms with Crippen LogP contribution >= 0.6 is 0 Å². The Balaban J connectivity index is 1.70. The Kier molecular flexibility index (Phi) is 4.05. The zero-order valence-electron chi connectivity index (χ0n) is 12.4. The Morgan fingerprint density at radius 1 is 1.26 bits per heavy atom. The first-order valence-corrected chi connectivity index (χ1v) is 7.00. The second-order valence-electron chi connectivity index (χ2n) is 4.96. The van der Waals surface area contributed by atoms with Crippen LogP contribution in [0, 0.1) is 6.92 Å². The predicted octanol–water partition coefficient (Wildman–Crippen LogP) is 2.51. The van der Waals surface area contributed by atoms with E-state index in [0.717, 1.165) is 10.9 Å². The molecule has 3 rings (SSSR count). The first kappa shape index (κ1) is 14.8. The predicted molar refractivity (Wildman–Crippen MR) is 85.6 cm³/mol. The number of nitrogens with zero attached hydrogens (tertiary/aromatic N) is 1. The van der Waals surface area contributed by atoms with Gasteiger partial charge in [0.1, 0.15) is 17.2 Å². The van der Waals surface area contributed by atoms with Crippen molar-refractivity contribution >= 4 is 22.7 Å². The van der Waals surface area contributed by atoms with E-state index >= 15 is 0 Å². The molecular formula is C17H14N2O4. The molecule has 0 saturated carbocycles. The zero-order chi connectivity index (χ0) is 16.2. The number of fused-ring (bicyclic) bond motifs is 1. The average Bonchev–Trinajstić information content (AvgIpc) is 2.54. The summed E-state index contributed by atoms with van der Waals surface area (Å²) in [6, 6.07) is 11.7. The number of amides is 1. The van der Waals surface area contributed by atoms with Gasteiger partial charge in [-0.15, -0.1) is 0 Å². The van der Waals surface area contributed by atoms with Crippen molar-refractivity contribution in [2.24, 2.45) is 0 Å². The Morgan fingerprint density at radius 2 is 2.13 bits per heavy atom. The average molecular weight is 310 g/mol. The van der Waals surface area contributed by atoms with Crippen molar-refractivity contribution in [1.29, 1.82) is 0 Å². The summed E-state index contributed by atoms with van der Waals surface area (Å²) in [7, 11) is 0. The van der Waals surface area contributed by atoms with Crippen molar-refractivity contribution in [2.75, 3.05) is 11.9 Å². The highest BCUT2D eigenvalue weighted by Gasteiger charge is 2.07. The van der Waals surface area contributed by atoms with E-state index in [1.54, 1.807) is 42.6 Å². The Labute approximate surface area is 131 Å². The minimum absolute atomic E-state index is 0.141. The molecule has 6 nitrogen and oxygen atoms in total. The summed E-state index contributed by atoms with van der Waals surface area (Å²) in [5, 5.41) is 3.40. The summed E-state index contributed by atoms with van der Waals surface area (Å²) in [6.45, 7) is 1.68. The lowest BCUT2D eigenvalue weighted by molar-refractivity contribution is -0.118. The Hall–Kier alpha value is -3.15. The fourth-order valence-corrected chi connectivity index (χ4v) is 2.15. The van der Waals surface area contributed by atoms with Crippen LogP contribution in [0.1, 0.15) is 5.56 Å². The van der Waals surface area contributed by atoms with Crippen molar-refractivity contribution < 1.29 is 13.9 Å². The SMILES string of the molecule is Cc1cc(=O)oc2ccc(OCC(=O)Nc3ccccn3)cc12. The van der Waals surface area contributed by atoms with Gasteiger partial charge in [0.05, 0.1) is 0 Å². The number of aryl methyl sites for hydroxylation is 1. The maximum atomic E-state index is 11.8. The van der Waals surface area contributed by atoms with Gasteiger partial charge in [-0.1, -0.05) is 6.07 Å². The van der Waals surface area contributed by atoms with Crippen LogP contribution in [0.5, 0.6) is 5.75 Å². The highest BCUT2D eigenvalue weighted by molar-refractivity contribution is 5.91. The molecule has 0 atom stereocenters. The summed E-state index contributed by atoms with van der Waals surface area (Å²) in [5.41, 5.74) is 0.887. The first-order chi connectivity index (χ1) is 11.1. The van der Waals surface area contributed by atoms with Gasteiger partial charge in [0.2, 0.25) is 0 Å². The lowest BCUT2D eigenvalue weighted by Crippen LogP contribution is -2.20. The van der Waals surface area contributed by atoms with Gasteiger partial charge in [-0.3, -0.25) is 4.79 Å². The molecule has 3 aromatic rings. The quantitative estimate of drug-likeness (QED) is 0.749. The molecule has 2 heterocycles. The van der Waals surface area contributed by atoms with Gasteiger partial charge in [0.15, 0.2) is 6.61 Å². The second-order valence-corrected chi connectivity index (χ2v) is 4.96. The van der Waals surface area contributed by atoms with Gasteiger partial charge < -0.3 is 14.5 Å². The lowest BCUT2D eigenvalue weighted by atomic mass is 10.1. The minimum Gasteiger partial charge on any atom is -0.484 e. The second kappa shape index (κ2) is 6.31. The number of nitrogens with one attached hydrogen (secondary N) is 1. The Bertz CT molecular complexity index is 903. The standard InChI is InChI=1S/C17H14N2O4/c1-11-8-17(21)23-14-6-5-12(9-13(11)14)22-10-16(20)19-15-4-2-3-7-18-15/h2-9H,10H2,1H3,(H,18,19,20). The number of ether oxygens (including phenoxy) is 1. The monoisotopic (exact) mass is 310 g/mol. The van der Waals surface area contributed by atoms with Gasteiger partial charge in [-0.2, -0.15) is 0 Å². The molecule has 116 valence electrons. The van der Waals surface area contributed by atoms with E-state index in [0.29, 0.717) is 17.2 Å². The van der Waals surface area contributed by atoms with Gasteiger partial charge in [0.25, 0.3) is 5.91 Å². The molecule has 6 heteroatoms. The van der Waals surface area contributed by atoms with E-state index in [1.165, 1.54) is 6.07 Å². The van der Waals surface area contributed by atoms with Crippen LogP contribution in [0.4, 0.5) is 5.82 Å². The molecule has 23 heavy (non-hydrogen) atoms. The number of rotatable bonds is 4. The van der Waals surface area contributed by atoms with Crippen LogP contribution in [-0.4, -0.2) is 17.5 Å². The molecule has 0 fully saturated rings. The summed E-state index contributed by atoms with van der Waals surface area (Å²) in [5.74, 6) is 0.683. The topological polar surface area (TPSA) is 81.4 Å². The maximum absolute atomic E-state index is 11.8. The summed E-state index contributed by atoms with van der Waals surface area (Å²) in [4.78, 5) is 27.2. The number of hydrogen-bond donors (Lipinski definition) is 1. The molecule has 0 aliphatic heterocycles. The highest BCUT2D eigenvalue weighted by Crippen LogP contribution is 2.22. The van der Waals surface area contributed by atoms with Crippen LogP contribution in [0.15, 0.2) is 57.9 Å². The molecule has 1 aromatic carbocycles. The fourth-order valence-electron chi connectivity index (χ4n) is 2.15. The largest absolute Gasteiger partial charge is 0.484 e. The molecule has 0 saturated heterocycles. The number of pyridine rings is 1. The van der Waals surface area contributed by atoms with Crippen molar-refractivity contribution in [1.82, 2.24) is 4.98 Å². The third-order valence-electron chi connectivity index (χ3n) is 3.22. The summed E-state index contributed by atoms with van der Waals surface area (Å²) < 4.78 is 10.6. The van der Waals surface area contributed by atoms with Gasteiger partial charge in [0, 0.05) is 17.6 Å². The smallest absolute Gasteiger partial charge is 0.336 e. The van der Waals surface area contributed by atoms with E-state index < -0.39 is 5.63 Å². The summed E-state index contributed by atoms with van der Waals surface area (Å²) in [6.07, 6.45) is 1.59. The van der Waals surface area contributed by atoms with Gasteiger partial charge >= 0.3 is 5.63 Å². The van der Waals surface area contributed by atoms with E-state index in [4.69, 9.17) is 9.15 Å². The molecule has 0 radical (unpaired) electrons. The molecule has 0 bridgehead atoms. The third kappa shape index (κ3) is 3.55. The van der Waals surface area contributed by atoms with E-state index in [2.05, 4.69) is 10.3 Å². The summed E-state index contributed by atoms with van der Waals surface area (Å²) >= 11 is 0. The van der Waals surface area contributed by atoms with E-state index in [-0.39, 0.29) is 12.5 Å². The number of carbonyl (C=O) groups is 1. The van der Waals surface area contributed by atoms with Crippen LogP contribution < -0.4 is 15.7 Å². The van der Waals surface area contributed by atoms with Crippen molar-refractivity contribution in [3.05, 3.63) is 64.6 Å². The third-order valence-corrected chi connectivity index (χ3v) is 3.22. The zero-order valence-corrected chi connectivity index (χ0v) is 12.4. The molecule has 1 amide bonds. The fraction of sp³-hybridized carbons (Fsp3) is 0.118. The normalized spacial score (nSPS) is 10.5. The van der Waals surface area contributed by atoms with Gasteiger partial charge in [-0.05, 0) is 42.8 Å². The van der Waals surface area contributed by atoms with Crippen molar-refractivity contribution in [2.45, 2.75) is 6.92 Å². The molecular weight excluding hydrogens is 296 g/mol. The van der Waals surface area contributed by atoms with E-state index in [1.807, 2.05) is 6.92 Å². The van der Waals surface area contributed by atoms with E-state index in [9.17, 15) is 9.59 Å². The first-order valence-electron chi connectivity index (χ1n) is 7.00. The van der Waals surface area contributed by atoms with Crippen LogP contribution in [0.25, 0.3) is 11.0 Å². The van der Waals surface area contributed by atoms with Crippen LogP contribution in [0.2, 0.25) is 0 Å². The maximum Gasteiger partial charge on any atom is 0.336 e. The molecule has 0 aliphatic rings. The molecule has 0 unspecified atom stereocenters.